The number of nitrogens with one attached hydrogen (secondary N) is 2. The van der Waals surface area contributed by atoms with Crippen molar-refractivity contribution in [1.82, 2.24) is 10.6 Å². The predicted molar refractivity (Wildman–Crippen MR) is 149 cm³/mol. The van der Waals surface area contributed by atoms with Gasteiger partial charge in [-0.2, -0.15) is 0 Å². The number of amides is 2. The second-order valence-corrected chi connectivity index (χ2v) is 9.39. The molecule has 0 radical (unpaired) electrons. The fourth-order valence-electron chi connectivity index (χ4n) is 4.49. The van der Waals surface area contributed by atoms with Crippen LogP contribution in [0.2, 0.25) is 0 Å². The highest BCUT2D eigenvalue weighted by molar-refractivity contribution is 5.97. The summed E-state index contributed by atoms with van der Waals surface area (Å²) in [6, 6.07) is 24.4. The largest absolute Gasteiger partial charge is 0.489 e. The summed E-state index contributed by atoms with van der Waals surface area (Å²) in [5.41, 5.74) is 9.18. The summed E-state index contributed by atoms with van der Waals surface area (Å²) in [5, 5.41) is 6.13. The van der Waals surface area contributed by atoms with E-state index in [2.05, 4.69) is 10.6 Å². The molecule has 3 aromatic carbocycles. The molecule has 2 amide bonds. The van der Waals surface area contributed by atoms with Crippen molar-refractivity contribution in [2.24, 2.45) is 5.73 Å². The zero-order valence-electron chi connectivity index (χ0n) is 21.0. The summed E-state index contributed by atoms with van der Waals surface area (Å²) >= 11 is 0. The molecule has 196 valence electrons. The Kier molecular flexibility index (Phi) is 11.0. The molecule has 6 nitrogen and oxygen atoms in total. The average Bonchev–Trinajstić information content (AvgIpc) is 2.93. The second-order valence-electron chi connectivity index (χ2n) is 9.39. The van der Waals surface area contributed by atoms with Crippen molar-refractivity contribution in [2.75, 3.05) is 0 Å². The average molecular weight is 522 g/mol. The van der Waals surface area contributed by atoms with Crippen molar-refractivity contribution < 1.29 is 14.3 Å². The van der Waals surface area contributed by atoms with Gasteiger partial charge in [-0.1, -0.05) is 73.9 Å². The highest BCUT2D eigenvalue weighted by atomic mass is 35.5. The van der Waals surface area contributed by atoms with E-state index in [1.165, 1.54) is 6.42 Å². The minimum absolute atomic E-state index is 0. The molecule has 0 bridgehead atoms. The molecule has 0 unspecified atom stereocenters. The molecule has 3 aromatic rings. The van der Waals surface area contributed by atoms with Gasteiger partial charge in [0.25, 0.3) is 5.91 Å². The molecule has 0 heterocycles. The Morgan fingerprint density at radius 2 is 1.49 bits per heavy atom. The molecule has 7 heteroatoms. The second kappa shape index (κ2) is 14.4. The van der Waals surface area contributed by atoms with E-state index in [9.17, 15) is 9.59 Å². The summed E-state index contributed by atoms with van der Waals surface area (Å²) in [6.45, 7) is 0.908. The fraction of sp³-hybridized carbons (Fsp3) is 0.333. The molecule has 37 heavy (non-hydrogen) atoms. The molecule has 4 rings (SSSR count). The van der Waals surface area contributed by atoms with Gasteiger partial charge in [-0.05, 0) is 53.8 Å². The highest BCUT2D eigenvalue weighted by Crippen LogP contribution is 2.19. The molecule has 1 aliphatic carbocycles. The molecule has 0 saturated heterocycles. The zero-order chi connectivity index (χ0) is 25.2. The Morgan fingerprint density at radius 1 is 0.838 bits per heavy atom. The lowest BCUT2D eigenvalue weighted by Crippen LogP contribution is -2.51. The Morgan fingerprint density at radius 3 is 2.14 bits per heavy atom. The number of ether oxygens (including phenoxy) is 1. The van der Waals surface area contributed by atoms with Gasteiger partial charge in [-0.15, -0.1) is 12.4 Å². The summed E-state index contributed by atoms with van der Waals surface area (Å²) in [4.78, 5) is 26.2. The van der Waals surface area contributed by atoms with Crippen LogP contribution in [-0.2, 0) is 24.4 Å². The van der Waals surface area contributed by atoms with Gasteiger partial charge in [0.1, 0.15) is 18.4 Å². The minimum Gasteiger partial charge on any atom is -0.489 e. The highest BCUT2D eigenvalue weighted by Gasteiger charge is 2.25. The quantitative estimate of drug-likeness (QED) is 0.352. The molecule has 0 aromatic heterocycles. The number of halogens is 1. The minimum atomic E-state index is -0.676. The van der Waals surface area contributed by atoms with Crippen LogP contribution in [-0.4, -0.2) is 23.9 Å². The molecular formula is C30H36ClN3O3. The van der Waals surface area contributed by atoms with Crippen molar-refractivity contribution >= 4 is 24.2 Å². The van der Waals surface area contributed by atoms with E-state index in [4.69, 9.17) is 10.5 Å². The third kappa shape index (κ3) is 8.62. The van der Waals surface area contributed by atoms with E-state index < -0.39 is 6.04 Å². The normalized spacial score (nSPS) is 14.2. The van der Waals surface area contributed by atoms with Crippen molar-refractivity contribution in [3.05, 3.63) is 101 Å². The van der Waals surface area contributed by atoms with Gasteiger partial charge in [-0.25, -0.2) is 0 Å². The van der Waals surface area contributed by atoms with Crippen LogP contribution in [0.25, 0.3) is 0 Å². The summed E-state index contributed by atoms with van der Waals surface area (Å²) in [5.74, 6) is 0.346. The lowest BCUT2D eigenvalue weighted by molar-refractivity contribution is -0.123. The lowest BCUT2D eigenvalue weighted by Gasteiger charge is -2.26. The zero-order valence-corrected chi connectivity index (χ0v) is 21.8. The topological polar surface area (TPSA) is 93.5 Å². The molecule has 1 atom stereocenters. The van der Waals surface area contributed by atoms with E-state index in [0.717, 1.165) is 48.1 Å². The number of rotatable bonds is 10. The standard InChI is InChI=1S/C30H35N3O3.ClH/c31-20-23-11-15-25(16-12-23)29(34)33-28(30(35)32-26-9-5-2-6-10-26)19-22-13-17-27(18-14-22)36-21-24-7-3-1-4-8-24;/h1,3-4,7-8,11-18,26,28H,2,5-6,9-10,19-21,31H2,(H,32,35)(H,33,34);1H/t28-;/m0./s1. The molecule has 0 spiro atoms. The van der Waals surface area contributed by atoms with Crippen molar-refractivity contribution in [2.45, 2.75) is 63.8 Å². The maximum absolute atomic E-state index is 13.2. The summed E-state index contributed by atoms with van der Waals surface area (Å²) in [7, 11) is 0. The Hall–Kier alpha value is -3.35. The molecule has 1 aliphatic rings. The van der Waals surface area contributed by atoms with Gasteiger partial charge in [0.15, 0.2) is 0 Å². The van der Waals surface area contributed by atoms with Gasteiger partial charge in [0.2, 0.25) is 5.91 Å². The van der Waals surface area contributed by atoms with Crippen LogP contribution < -0.4 is 21.1 Å². The monoisotopic (exact) mass is 521 g/mol. The number of carbonyl (C=O) groups is 2. The Balaban J connectivity index is 0.00000380. The van der Waals surface area contributed by atoms with Crippen molar-refractivity contribution in [3.63, 3.8) is 0 Å². The number of hydrogen-bond donors (Lipinski definition) is 3. The first-order chi connectivity index (χ1) is 17.6. The van der Waals surface area contributed by atoms with Gasteiger partial charge >= 0.3 is 0 Å². The number of benzene rings is 3. The summed E-state index contributed by atoms with van der Waals surface area (Å²) < 4.78 is 5.88. The third-order valence-electron chi connectivity index (χ3n) is 6.64. The van der Waals surface area contributed by atoms with Gasteiger partial charge in [0.05, 0.1) is 0 Å². The van der Waals surface area contributed by atoms with E-state index in [0.29, 0.717) is 25.1 Å². The molecular weight excluding hydrogens is 486 g/mol. The molecule has 1 fully saturated rings. The first-order valence-electron chi connectivity index (χ1n) is 12.8. The maximum atomic E-state index is 13.2. The van der Waals surface area contributed by atoms with Gasteiger partial charge in [-0.3, -0.25) is 9.59 Å². The first kappa shape index (κ1) is 28.2. The molecule has 4 N–H and O–H groups in total. The number of nitrogens with two attached hydrogens (primary N) is 1. The van der Waals surface area contributed by atoms with Crippen LogP contribution in [0.1, 0.15) is 59.2 Å². The number of hydrogen-bond acceptors (Lipinski definition) is 4. The fourth-order valence-corrected chi connectivity index (χ4v) is 4.49. The van der Waals surface area contributed by atoms with Gasteiger partial charge in [0, 0.05) is 24.6 Å². The van der Waals surface area contributed by atoms with Crippen LogP contribution in [0.15, 0.2) is 78.9 Å². The maximum Gasteiger partial charge on any atom is 0.251 e. The third-order valence-corrected chi connectivity index (χ3v) is 6.64. The van der Waals surface area contributed by atoms with Crippen LogP contribution in [0.3, 0.4) is 0 Å². The van der Waals surface area contributed by atoms with E-state index in [-0.39, 0.29) is 30.3 Å². The number of carbonyl (C=O) groups excluding carboxylic acids is 2. The first-order valence-corrected chi connectivity index (χ1v) is 12.8. The summed E-state index contributed by atoms with van der Waals surface area (Å²) in [6.07, 6.45) is 5.83. The van der Waals surface area contributed by atoms with Crippen LogP contribution in [0.4, 0.5) is 0 Å². The lowest BCUT2D eigenvalue weighted by atomic mass is 9.95. The predicted octanol–water partition coefficient (Wildman–Crippen LogP) is 4.94. The van der Waals surface area contributed by atoms with E-state index >= 15 is 0 Å². The molecule has 1 saturated carbocycles. The van der Waals surface area contributed by atoms with Crippen molar-refractivity contribution in [1.29, 1.82) is 0 Å². The Labute approximate surface area is 225 Å². The van der Waals surface area contributed by atoms with Crippen LogP contribution in [0.5, 0.6) is 5.75 Å². The smallest absolute Gasteiger partial charge is 0.251 e. The molecule has 0 aliphatic heterocycles. The van der Waals surface area contributed by atoms with Crippen LogP contribution in [0, 0.1) is 0 Å². The van der Waals surface area contributed by atoms with Crippen molar-refractivity contribution in [3.8, 4) is 5.75 Å². The van der Waals surface area contributed by atoms with Gasteiger partial charge < -0.3 is 21.1 Å². The van der Waals surface area contributed by atoms with E-state index in [1.54, 1.807) is 12.1 Å². The Bertz CT molecular complexity index is 1120. The SMILES string of the molecule is Cl.NCc1ccc(C(=O)N[C@@H](Cc2ccc(OCc3ccccc3)cc2)C(=O)NC2CCCCC2)cc1. The van der Waals surface area contributed by atoms with Crippen LogP contribution >= 0.6 is 12.4 Å². The van der Waals surface area contributed by atoms with E-state index in [1.807, 2.05) is 66.7 Å².